The molecule has 15 heavy (non-hydrogen) atoms. The van der Waals surface area contributed by atoms with Crippen molar-refractivity contribution in [1.82, 2.24) is 10.6 Å². The van der Waals surface area contributed by atoms with Gasteiger partial charge in [-0.25, -0.2) is 0 Å². The predicted octanol–water partition coefficient (Wildman–Crippen LogP) is -0.493. The summed E-state index contributed by atoms with van der Waals surface area (Å²) in [5.41, 5.74) is 5.20. The number of nitrogens with two attached hydrogens (primary N) is 1. The molecule has 0 aromatic rings. The van der Waals surface area contributed by atoms with Gasteiger partial charge >= 0.3 is 0 Å². The molecule has 5 nitrogen and oxygen atoms in total. The van der Waals surface area contributed by atoms with Crippen molar-refractivity contribution >= 4 is 11.8 Å². The zero-order chi connectivity index (χ0) is 11.4. The molecule has 1 rings (SSSR count). The van der Waals surface area contributed by atoms with E-state index in [2.05, 4.69) is 10.6 Å². The van der Waals surface area contributed by atoms with Crippen molar-refractivity contribution in [2.24, 2.45) is 5.73 Å². The zero-order valence-corrected chi connectivity index (χ0v) is 9.25. The van der Waals surface area contributed by atoms with E-state index < -0.39 is 11.9 Å². The molecule has 5 heteroatoms. The van der Waals surface area contributed by atoms with Crippen molar-refractivity contribution in [3.8, 4) is 0 Å². The van der Waals surface area contributed by atoms with E-state index >= 15 is 0 Å². The van der Waals surface area contributed by atoms with Gasteiger partial charge in [-0.15, -0.1) is 0 Å². The van der Waals surface area contributed by atoms with Crippen molar-refractivity contribution in [2.75, 3.05) is 0 Å². The number of primary amides is 1. The standard InChI is InChI=1S/C10H19N3O2/c1-6(2)12-8(10(11)15)5-9(14)13-7-3-4-7/h6-8,12H,3-5H2,1-2H3,(H2,11,15)(H,13,14). The number of amides is 2. The topological polar surface area (TPSA) is 84.2 Å². The van der Waals surface area contributed by atoms with Gasteiger partial charge in [0.25, 0.3) is 0 Å². The highest BCUT2D eigenvalue weighted by atomic mass is 16.2. The minimum Gasteiger partial charge on any atom is -0.368 e. The summed E-state index contributed by atoms with van der Waals surface area (Å²) in [4.78, 5) is 22.5. The smallest absolute Gasteiger partial charge is 0.235 e. The number of hydrogen-bond acceptors (Lipinski definition) is 3. The molecule has 1 atom stereocenters. The molecule has 0 heterocycles. The van der Waals surface area contributed by atoms with Crippen LogP contribution in [0, 0.1) is 0 Å². The lowest BCUT2D eigenvalue weighted by molar-refractivity contribution is -0.127. The van der Waals surface area contributed by atoms with E-state index in [1.807, 2.05) is 13.8 Å². The second-order valence-corrected chi connectivity index (χ2v) is 4.32. The minimum absolute atomic E-state index is 0.102. The Kier molecular flexibility index (Phi) is 4.08. The van der Waals surface area contributed by atoms with E-state index in [0.29, 0.717) is 6.04 Å². The van der Waals surface area contributed by atoms with Gasteiger partial charge in [0.05, 0.1) is 12.5 Å². The Morgan fingerprint density at radius 2 is 2.00 bits per heavy atom. The Labute approximate surface area is 89.8 Å². The van der Waals surface area contributed by atoms with Crippen LogP contribution in [-0.4, -0.2) is 29.9 Å². The molecule has 1 unspecified atom stereocenters. The molecule has 2 amide bonds. The highest BCUT2D eigenvalue weighted by Gasteiger charge is 2.26. The van der Waals surface area contributed by atoms with Crippen LogP contribution in [0.25, 0.3) is 0 Å². The third-order valence-electron chi connectivity index (χ3n) is 2.21. The van der Waals surface area contributed by atoms with E-state index in [0.717, 1.165) is 12.8 Å². The van der Waals surface area contributed by atoms with Crippen LogP contribution in [0.1, 0.15) is 33.1 Å². The van der Waals surface area contributed by atoms with E-state index in [9.17, 15) is 9.59 Å². The number of carbonyl (C=O) groups is 2. The Bertz CT molecular complexity index is 249. The summed E-state index contributed by atoms with van der Waals surface area (Å²) in [7, 11) is 0. The van der Waals surface area contributed by atoms with E-state index in [4.69, 9.17) is 5.73 Å². The summed E-state index contributed by atoms with van der Waals surface area (Å²) in [5.74, 6) is -0.580. The summed E-state index contributed by atoms with van der Waals surface area (Å²) in [5, 5.41) is 5.79. The first-order valence-electron chi connectivity index (χ1n) is 5.33. The van der Waals surface area contributed by atoms with Crippen LogP contribution in [-0.2, 0) is 9.59 Å². The molecule has 0 saturated heterocycles. The van der Waals surface area contributed by atoms with Crippen LogP contribution >= 0.6 is 0 Å². The van der Waals surface area contributed by atoms with Gasteiger partial charge in [-0.3, -0.25) is 9.59 Å². The second-order valence-electron chi connectivity index (χ2n) is 4.32. The molecule has 0 aliphatic heterocycles. The molecule has 0 aromatic heterocycles. The van der Waals surface area contributed by atoms with Gasteiger partial charge in [0, 0.05) is 12.1 Å². The van der Waals surface area contributed by atoms with Gasteiger partial charge in [0.15, 0.2) is 0 Å². The second kappa shape index (κ2) is 5.11. The van der Waals surface area contributed by atoms with Crippen molar-refractivity contribution in [3.63, 3.8) is 0 Å². The number of carbonyl (C=O) groups excluding carboxylic acids is 2. The summed E-state index contributed by atoms with van der Waals surface area (Å²) in [6.45, 7) is 3.82. The van der Waals surface area contributed by atoms with E-state index in [1.54, 1.807) is 0 Å². The maximum Gasteiger partial charge on any atom is 0.235 e. The van der Waals surface area contributed by atoms with E-state index in [-0.39, 0.29) is 18.4 Å². The van der Waals surface area contributed by atoms with E-state index in [1.165, 1.54) is 0 Å². The van der Waals surface area contributed by atoms with Crippen LogP contribution in [0.2, 0.25) is 0 Å². The minimum atomic E-state index is -0.566. The average Bonchev–Trinajstić information content (AvgIpc) is 2.85. The van der Waals surface area contributed by atoms with Crippen molar-refractivity contribution in [1.29, 1.82) is 0 Å². The first-order valence-corrected chi connectivity index (χ1v) is 5.33. The zero-order valence-electron chi connectivity index (χ0n) is 9.25. The Balaban J connectivity index is 2.34. The normalized spacial score (nSPS) is 17.5. The Hall–Kier alpha value is -1.10. The third-order valence-corrected chi connectivity index (χ3v) is 2.21. The number of hydrogen-bond donors (Lipinski definition) is 3. The van der Waals surface area contributed by atoms with Gasteiger partial charge in [-0.1, -0.05) is 13.8 Å². The quantitative estimate of drug-likeness (QED) is 0.556. The Morgan fingerprint density at radius 3 is 2.40 bits per heavy atom. The monoisotopic (exact) mass is 213 g/mol. The number of nitrogens with one attached hydrogen (secondary N) is 2. The molecule has 0 bridgehead atoms. The van der Waals surface area contributed by atoms with Crippen LogP contribution in [0.15, 0.2) is 0 Å². The summed E-state index contributed by atoms with van der Waals surface area (Å²) >= 11 is 0. The first-order chi connectivity index (χ1) is 6.99. The molecule has 1 saturated carbocycles. The molecule has 4 N–H and O–H groups in total. The maximum absolute atomic E-state index is 11.4. The van der Waals surface area contributed by atoms with Crippen LogP contribution in [0.5, 0.6) is 0 Å². The maximum atomic E-state index is 11.4. The molecule has 1 aliphatic rings. The fourth-order valence-electron chi connectivity index (χ4n) is 1.34. The van der Waals surface area contributed by atoms with Crippen molar-refractivity contribution in [3.05, 3.63) is 0 Å². The van der Waals surface area contributed by atoms with Crippen LogP contribution in [0.4, 0.5) is 0 Å². The van der Waals surface area contributed by atoms with Crippen molar-refractivity contribution < 1.29 is 9.59 Å². The summed E-state index contributed by atoms with van der Waals surface area (Å²) in [6, 6.07) is -0.106. The van der Waals surface area contributed by atoms with Crippen LogP contribution < -0.4 is 16.4 Å². The van der Waals surface area contributed by atoms with Gasteiger partial charge in [0.2, 0.25) is 11.8 Å². The molecule has 0 aromatic carbocycles. The lowest BCUT2D eigenvalue weighted by atomic mass is 10.1. The van der Waals surface area contributed by atoms with Gasteiger partial charge in [0.1, 0.15) is 0 Å². The lowest BCUT2D eigenvalue weighted by Crippen LogP contribution is -2.47. The molecule has 1 aliphatic carbocycles. The molecule has 0 spiro atoms. The number of rotatable bonds is 6. The summed E-state index contributed by atoms with van der Waals surface area (Å²) in [6.07, 6.45) is 2.22. The Morgan fingerprint density at radius 1 is 1.40 bits per heavy atom. The lowest BCUT2D eigenvalue weighted by Gasteiger charge is -2.17. The highest BCUT2D eigenvalue weighted by molar-refractivity contribution is 5.87. The molecule has 86 valence electrons. The van der Waals surface area contributed by atoms with Gasteiger partial charge < -0.3 is 16.4 Å². The molecule has 1 fully saturated rings. The molecular formula is C10H19N3O2. The van der Waals surface area contributed by atoms with Crippen LogP contribution in [0.3, 0.4) is 0 Å². The van der Waals surface area contributed by atoms with Gasteiger partial charge in [-0.2, -0.15) is 0 Å². The fraction of sp³-hybridized carbons (Fsp3) is 0.800. The highest BCUT2D eigenvalue weighted by Crippen LogP contribution is 2.18. The van der Waals surface area contributed by atoms with Gasteiger partial charge in [-0.05, 0) is 12.8 Å². The SMILES string of the molecule is CC(C)NC(CC(=O)NC1CC1)C(N)=O. The first kappa shape index (κ1) is 12.0. The molecular weight excluding hydrogens is 194 g/mol. The average molecular weight is 213 g/mol. The predicted molar refractivity (Wildman–Crippen MR) is 57.0 cm³/mol. The third kappa shape index (κ3) is 4.78. The fourth-order valence-corrected chi connectivity index (χ4v) is 1.34. The largest absolute Gasteiger partial charge is 0.368 e. The molecule has 0 radical (unpaired) electrons. The summed E-state index contributed by atoms with van der Waals surface area (Å²) < 4.78 is 0. The van der Waals surface area contributed by atoms with Crippen molar-refractivity contribution in [2.45, 2.75) is 51.2 Å².